The van der Waals surface area contributed by atoms with Gasteiger partial charge in [0.15, 0.2) is 0 Å². The Hall–Kier alpha value is -4.67. The lowest BCUT2D eigenvalue weighted by molar-refractivity contribution is -0.133. The van der Waals surface area contributed by atoms with Gasteiger partial charge in [0, 0.05) is 6.42 Å². The number of amides is 6. The molecule has 250 valence electrons. The number of nitrogens with one attached hydrogen (secondary N) is 5. The molecule has 11 N–H and O–H groups in total. The maximum atomic E-state index is 13.4. The summed E-state index contributed by atoms with van der Waals surface area (Å²) in [6, 6.07) is 10.4. The summed E-state index contributed by atoms with van der Waals surface area (Å²) in [4.78, 5) is 75.1. The van der Waals surface area contributed by atoms with Crippen LogP contribution >= 0.6 is 11.8 Å². The number of thioether (sulfide) groups is 1. The largest absolute Gasteiger partial charge is 0.508 e. The van der Waals surface area contributed by atoms with E-state index >= 15 is 0 Å². The topological polar surface area (TPSA) is 255 Å². The van der Waals surface area contributed by atoms with E-state index in [1.807, 2.05) is 0 Å². The number of hydrogen-bond donors (Lipinski definition) is 9. The molecular weight excluding hydrogens is 618 g/mol. The Labute approximate surface area is 270 Å². The zero-order valence-corrected chi connectivity index (χ0v) is 26.2. The predicted octanol–water partition coefficient (Wildman–Crippen LogP) is -2.58. The van der Waals surface area contributed by atoms with Crippen LogP contribution in [0.25, 0.3) is 0 Å². The molecule has 0 aromatic heterocycles. The van der Waals surface area contributed by atoms with Crippen molar-refractivity contribution in [2.75, 3.05) is 31.7 Å². The number of aromatic hydroxyl groups is 1. The van der Waals surface area contributed by atoms with E-state index in [1.54, 1.807) is 48.7 Å². The van der Waals surface area contributed by atoms with E-state index in [2.05, 4.69) is 26.6 Å². The molecule has 2 rings (SSSR count). The summed E-state index contributed by atoms with van der Waals surface area (Å²) >= 11 is 1.42. The van der Waals surface area contributed by atoms with Gasteiger partial charge in [0.2, 0.25) is 35.4 Å². The van der Waals surface area contributed by atoms with Crippen molar-refractivity contribution < 1.29 is 39.0 Å². The second-order valence-corrected chi connectivity index (χ2v) is 11.3. The number of nitrogens with two attached hydrogens (primary N) is 2. The van der Waals surface area contributed by atoms with Crippen molar-refractivity contribution in [3.05, 3.63) is 65.7 Å². The molecule has 0 aliphatic heterocycles. The minimum atomic E-state index is -1.34. The molecule has 0 aliphatic carbocycles. The molecule has 4 atom stereocenters. The molecule has 0 saturated heterocycles. The SMILES string of the molecule is CSCC[C@H](NC(=O)[C@H](Cc1ccccc1)NC(=O)CNC(=O)CNC(=O)[C@@H](N)Cc1ccc(O)cc1)C(=O)N[C@@H](CO)C(N)=O. The highest BCUT2D eigenvalue weighted by atomic mass is 32.2. The molecule has 0 spiro atoms. The average Bonchev–Trinajstić information content (AvgIpc) is 3.04. The fraction of sp³-hybridized carbons (Fsp3) is 0.400. The number of aliphatic hydroxyl groups is 1. The van der Waals surface area contributed by atoms with Crippen LogP contribution in [0.1, 0.15) is 17.5 Å². The summed E-state index contributed by atoms with van der Waals surface area (Å²) < 4.78 is 0. The Morgan fingerprint density at radius 1 is 0.739 bits per heavy atom. The Morgan fingerprint density at radius 2 is 1.33 bits per heavy atom. The molecule has 2 aromatic rings. The third kappa shape index (κ3) is 13.5. The molecule has 15 nitrogen and oxygen atoms in total. The van der Waals surface area contributed by atoms with Crippen molar-refractivity contribution in [2.24, 2.45) is 11.5 Å². The van der Waals surface area contributed by atoms with Crippen LogP contribution in [0.15, 0.2) is 54.6 Å². The van der Waals surface area contributed by atoms with Gasteiger partial charge < -0.3 is 48.3 Å². The third-order valence-corrected chi connectivity index (χ3v) is 7.26. The monoisotopic (exact) mass is 659 g/mol. The zero-order chi connectivity index (χ0) is 34.1. The van der Waals surface area contributed by atoms with Gasteiger partial charge >= 0.3 is 0 Å². The highest BCUT2D eigenvalue weighted by molar-refractivity contribution is 7.98. The van der Waals surface area contributed by atoms with E-state index < -0.39 is 79.3 Å². The van der Waals surface area contributed by atoms with E-state index in [0.717, 1.165) is 0 Å². The lowest BCUT2D eigenvalue weighted by Gasteiger charge is -2.24. The lowest BCUT2D eigenvalue weighted by atomic mass is 10.0. The number of carbonyl (C=O) groups is 6. The van der Waals surface area contributed by atoms with Gasteiger partial charge in [-0.15, -0.1) is 0 Å². The zero-order valence-electron chi connectivity index (χ0n) is 25.4. The quantitative estimate of drug-likeness (QED) is 0.0761. The summed E-state index contributed by atoms with van der Waals surface area (Å²) in [7, 11) is 0. The predicted molar refractivity (Wildman–Crippen MR) is 171 cm³/mol. The van der Waals surface area contributed by atoms with Gasteiger partial charge in [-0.2, -0.15) is 11.8 Å². The van der Waals surface area contributed by atoms with Gasteiger partial charge in [-0.25, -0.2) is 0 Å². The Morgan fingerprint density at radius 3 is 1.93 bits per heavy atom. The van der Waals surface area contributed by atoms with E-state index in [1.165, 1.54) is 23.9 Å². The number of carbonyl (C=O) groups excluding carboxylic acids is 6. The summed E-state index contributed by atoms with van der Waals surface area (Å²) in [6.07, 6.45) is 2.22. The molecule has 2 aromatic carbocycles. The fourth-order valence-corrected chi connectivity index (χ4v) is 4.55. The van der Waals surface area contributed by atoms with Crippen molar-refractivity contribution in [1.29, 1.82) is 0 Å². The first kappa shape index (κ1) is 37.5. The number of hydrogen-bond acceptors (Lipinski definition) is 10. The van der Waals surface area contributed by atoms with Crippen LogP contribution in [0.5, 0.6) is 5.75 Å². The lowest BCUT2D eigenvalue weighted by Crippen LogP contribution is -2.58. The number of primary amides is 1. The van der Waals surface area contributed by atoms with E-state index in [4.69, 9.17) is 11.5 Å². The molecule has 6 amide bonds. The van der Waals surface area contributed by atoms with Crippen LogP contribution in [-0.2, 0) is 41.6 Å². The van der Waals surface area contributed by atoms with Crippen molar-refractivity contribution in [3.8, 4) is 5.75 Å². The van der Waals surface area contributed by atoms with Crippen molar-refractivity contribution in [3.63, 3.8) is 0 Å². The summed E-state index contributed by atoms with van der Waals surface area (Å²) in [5, 5.41) is 31.0. The first-order chi connectivity index (χ1) is 21.9. The summed E-state index contributed by atoms with van der Waals surface area (Å²) in [5.41, 5.74) is 12.5. The number of phenols is 1. The standard InChI is InChI=1S/C30H41N7O8S/c1-46-12-11-22(29(44)37-24(17-38)27(32)42)36-30(45)23(14-18-5-3-2-4-6-18)35-26(41)16-33-25(40)15-34-28(43)21(31)13-19-7-9-20(39)10-8-19/h2-10,21-24,38-39H,11-17,31H2,1H3,(H2,32,42)(H,33,40)(H,34,43)(H,35,41)(H,36,45)(H,37,44)/t21-,22-,23-,24-/m0/s1. The number of aliphatic hydroxyl groups excluding tert-OH is 1. The van der Waals surface area contributed by atoms with Gasteiger partial charge in [-0.3, -0.25) is 28.8 Å². The highest BCUT2D eigenvalue weighted by Crippen LogP contribution is 2.11. The minimum absolute atomic E-state index is 0.0543. The maximum Gasteiger partial charge on any atom is 0.243 e. The normalized spacial score (nSPS) is 13.3. The van der Waals surface area contributed by atoms with Crippen molar-refractivity contribution in [2.45, 2.75) is 43.4 Å². The van der Waals surface area contributed by atoms with Crippen LogP contribution in [0.4, 0.5) is 0 Å². The van der Waals surface area contributed by atoms with Gasteiger partial charge in [0.25, 0.3) is 0 Å². The van der Waals surface area contributed by atoms with Crippen LogP contribution in [0.2, 0.25) is 0 Å². The Bertz CT molecular complexity index is 1330. The third-order valence-electron chi connectivity index (χ3n) is 6.62. The molecular formula is C30H41N7O8S. The first-order valence-corrected chi connectivity index (χ1v) is 15.7. The first-order valence-electron chi connectivity index (χ1n) is 14.3. The molecule has 16 heteroatoms. The maximum absolute atomic E-state index is 13.4. The highest BCUT2D eigenvalue weighted by Gasteiger charge is 2.29. The van der Waals surface area contributed by atoms with Crippen LogP contribution < -0.4 is 38.1 Å². The minimum Gasteiger partial charge on any atom is -0.508 e. The van der Waals surface area contributed by atoms with Gasteiger partial charge in [-0.05, 0) is 48.1 Å². The van der Waals surface area contributed by atoms with Crippen molar-refractivity contribution in [1.82, 2.24) is 26.6 Å². The van der Waals surface area contributed by atoms with Gasteiger partial charge in [0.05, 0.1) is 25.7 Å². The van der Waals surface area contributed by atoms with E-state index in [0.29, 0.717) is 16.9 Å². The molecule has 0 saturated carbocycles. The number of rotatable bonds is 19. The van der Waals surface area contributed by atoms with E-state index in [9.17, 15) is 39.0 Å². The molecule has 0 fully saturated rings. The number of benzene rings is 2. The van der Waals surface area contributed by atoms with Crippen LogP contribution in [0, 0.1) is 0 Å². The molecule has 46 heavy (non-hydrogen) atoms. The number of phenolic OH excluding ortho intramolecular Hbond substituents is 1. The Kier molecular flexibility index (Phi) is 16.0. The van der Waals surface area contributed by atoms with Crippen molar-refractivity contribution >= 4 is 47.2 Å². The Balaban J connectivity index is 1.98. The summed E-state index contributed by atoms with van der Waals surface area (Å²) in [6.45, 7) is -1.69. The van der Waals surface area contributed by atoms with Gasteiger partial charge in [0.1, 0.15) is 23.9 Å². The molecule has 0 aliphatic rings. The van der Waals surface area contributed by atoms with Crippen LogP contribution in [0.3, 0.4) is 0 Å². The van der Waals surface area contributed by atoms with E-state index in [-0.39, 0.29) is 25.0 Å². The molecule has 0 radical (unpaired) electrons. The smallest absolute Gasteiger partial charge is 0.243 e. The second kappa shape index (κ2) is 19.7. The fourth-order valence-electron chi connectivity index (χ4n) is 4.08. The molecule has 0 heterocycles. The average molecular weight is 660 g/mol. The van der Waals surface area contributed by atoms with Crippen LogP contribution in [-0.4, -0.2) is 102 Å². The van der Waals surface area contributed by atoms with Gasteiger partial charge in [-0.1, -0.05) is 42.5 Å². The molecule has 0 unspecified atom stereocenters. The molecule has 0 bridgehead atoms. The summed E-state index contributed by atoms with van der Waals surface area (Å²) in [5.74, 6) is -3.80. The second-order valence-electron chi connectivity index (χ2n) is 10.3.